The molecule has 110 valence electrons. The highest BCUT2D eigenvalue weighted by Crippen LogP contribution is 2.29. The van der Waals surface area contributed by atoms with Crippen molar-refractivity contribution < 1.29 is 14.6 Å². The van der Waals surface area contributed by atoms with Gasteiger partial charge >= 0.3 is 0 Å². The molecule has 0 bridgehead atoms. The maximum absolute atomic E-state index is 12.1. The second-order valence-corrected chi connectivity index (χ2v) is 5.25. The minimum Gasteiger partial charge on any atom is -0.495 e. The molecule has 20 heavy (non-hydrogen) atoms. The van der Waals surface area contributed by atoms with Gasteiger partial charge in [0.1, 0.15) is 5.75 Å². The minimum atomic E-state index is -0.133. The number of aliphatic hydroxyl groups is 1. The van der Waals surface area contributed by atoms with Crippen molar-refractivity contribution in [3.63, 3.8) is 0 Å². The van der Waals surface area contributed by atoms with Gasteiger partial charge in [-0.15, -0.1) is 0 Å². The van der Waals surface area contributed by atoms with E-state index in [0.717, 1.165) is 12.8 Å². The first kappa shape index (κ1) is 15.1. The van der Waals surface area contributed by atoms with Crippen molar-refractivity contribution in [2.45, 2.75) is 18.9 Å². The van der Waals surface area contributed by atoms with Gasteiger partial charge in [0.05, 0.1) is 25.9 Å². The Morgan fingerprint density at radius 1 is 1.55 bits per heavy atom. The van der Waals surface area contributed by atoms with Gasteiger partial charge in [-0.05, 0) is 31.0 Å². The third-order valence-electron chi connectivity index (χ3n) is 3.23. The van der Waals surface area contributed by atoms with Crippen LogP contribution in [0.3, 0.4) is 0 Å². The number of ether oxygens (including phenoxy) is 1. The highest BCUT2D eigenvalue weighted by Gasteiger charge is 2.29. The number of rotatable bonds is 7. The molecule has 1 fully saturated rings. The third kappa shape index (κ3) is 4.10. The number of methoxy groups -OCH3 is 1. The molecule has 0 spiro atoms. The maximum atomic E-state index is 12.1. The molecule has 0 saturated heterocycles. The fourth-order valence-electron chi connectivity index (χ4n) is 2.11. The number of nitrogens with zero attached hydrogens (tertiary/aromatic N) is 1. The molecule has 1 aliphatic rings. The van der Waals surface area contributed by atoms with Crippen LogP contribution in [0, 0.1) is 0 Å². The van der Waals surface area contributed by atoms with Crippen LogP contribution in [0.15, 0.2) is 18.2 Å². The molecular formula is C14H19ClN2O3. The number of nitrogens with one attached hydrogen (secondary N) is 1. The second-order valence-electron chi connectivity index (χ2n) is 4.82. The molecule has 0 heterocycles. The predicted molar refractivity (Wildman–Crippen MR) is 78.3 cm³/mol. The predicted octanol–water partition coefficient (Wildman–Crippen LogP) is 1.74. The van der Waals surface area contributed by atoms with E-state index in [4.69, 9.17) is 21.4 Å². The lowest BCUT2D eigenvalue weighted by Gasteiger charge is -2.20. The van der Waals surface area contributed by atoms with Gasteiger partial charge in [-0.25, -0.2) is 0 Å². The normalized spacial score (nSPS) is 14.4. The summed E-state index contributed by atoms with van der Waals surface area (Å²) in [6.45, 7) is 0.843. The third-order valence-corrected chi connectivity index (χ3v) is 3.47. The van der Waals surface area contributed by atoms with Crippen molar-refractivity contribution in [1.29, 1.82) is 0 Å². The molecule has 1 aromatic rings. The van der Waals surface area contributed by atoms with Crippen LogP contribution in [0.2, 0.25) is 5.02 Å². The fourth-order valence-corrected chi connectivity index (χ4v) is 2.28. The summed E-state index contributed by atoms with van der Waals surface area (Å²) in [4.78, 5) is 14.1. The number of carbonyl (C=O) groups excluding carboxylic acids is 1. The number of hydrogen-bond acceptors (Lipinski definition) is 4. The summed E-state index contributed by atoms with van der Waals surface area (Å²) in [5.41, 5.74) is 0.560. The summed E-state index contributed by atoms with van der Waals surface area (Å²) in [6, 6.07) is 5.50. The topological polar surface area (TPSA) is 61.8 Å². The van der Waals surface area contributed by atoms with Gasteiger partial charge in [0, 0.05) is 17.6 Å². The van der Waals surface area contributed by atoms with E-state index < -0.39 is 0 Å². The van der Waals surface area contributed by atoms with E-state index in [1.807, 2.05) is 4.90 Å². The molecule has 2 rings (SSSR count). The highest BCUT2D eigenvalue weighted by atomic mass is 35.5. The van der Waals surface area contributed by atoms with Gasteiger partial charge in [-0.3, -0.25) is 9.69 Å². The summed E-state index contributed by atoms with van der Waals surface area (Å²) in [6.07, 6.45) is 2.18. The van der Waals surface area contributed by atoms with Crippen molar-refractivity contribution in [3.05, 3.63) is 23.2 Å². The zero-order valence-electron chi connectivity index (χ0n) is 11.4. The largest absolute Gasteiger partial charge is 0.495 e. The van der Waals surface area contributed by atoms with Crippen LogP contribution < -0.4 is 10.1 Å². The first-order valence-electron chi connectivity index (χ1n) is 6.62. The Bertz CT molecular complexity index is 477. The van der Waals surface area contributed by atoms with Crippen LogP contribution in [0.4, 0.5) is 5.69 Å². The lowest BCUT2D eigenvalue weighted by Crippen LogP contribution is -2.36. The Kier molecular flexibility index (Phi) is 5.23. The number of halogens is 1. The summed E-state index contributed by atoms with van der Waals surface area (Å²) in [5, 5.41) is 12.4. The van der Waals surface area contributed by atoms with E-state index >= 15 is 0 Å². The Labute approximate surface area is 123 Å². The Morgan fingerprint density at radius 2 is 2.30 bits per heavy atom. The van der Waals surface area contributed by atoms with Gasteiger partial charge in [0.15, 0.2) is 0 Å². The minimum absolute atomic E-state index is 0.0598. The van der Waals surface area contributed by atoms with Gasteiger partial charge in [0.2, 0.25) is 5.91 Å². The van der Waals surface area contributed by atoms with Crippen LogP contribution >= 0.6 is 11.6 Å². The molecule has 5 nitrogen and oxygen atoms in total. The quantitative estimate of drug-likeness (QED) is 0.805. The number of aliphatic hydroxyl groups excluding tert-OH is 1. The Balaban J connectivity index is 1.98. The molecular weight excluding hydrogens is 280 g/mol. The average Bonchev–Trinajstić information content (AvgIpc) is 3.23. The molecule has 0 unspecified atom stereocenters. The van der Waals surface area contributed by atoms with Gasteiger partial charge in [-0.2, -0.15) is 0 Å². The molecule has 1 aromatic carbocycles. The fraction of sp³-hybridized carbons (Fsp3) is 0.500. The summed E-state index contributed by atoms with van der Waals surface area (Å²) < 4.78 is 5.19. The van der Waals surface area contributed by atoms with Crippen LogP contribution in [-0.2, 0) is 4.79 Å². The lowest BCUT2D eigenvalue weighted by atomic mass is 10.3. The maximum Gasteiger partial charge on any atom is 0.238 e. The highest BCUT2D eigenvalue weighted by molar-refractivity contribution is 6.31. The number of hydrogen-bond donors (Lipinski definition) is 2. The van der Waals surface area contributed by atoms with E-state index in [0.29, 0.717) is 29.0 Å². The zero-order chi connectivity index (χ0) is 14.5. The van der Waals surface area contributed by atoms with E-state index in [-0.39, 0.29) is 19.1 Å². The average molecular weight is 299 g/mol. The van der Waals surface area contributed by atoms with Crippen LogP contribution in [-0.4, -0.2) is 48.8 Å². The van der Waals surface area contributed by atoms with Gasteiger partial charge < -0.3 is 15.2 Å². The van der Waals surface area contributed by atoms with Crippen molar-refractivity contribution in [1.82, 2.24) is 4.90 Å². The molecule has 0 aliphatic heterocycles. The SMILES string of the molecule is COc1ccc(Cl)cc1NC(=O)CN(CCO)C1CC1. The van der Waals surface area contributed by atoms with Crippen LogP contribution in [0.5, 0.6) is 5.75 Å². The summed E-state index contributed by atoms with van der Waals surface area (Å²) in [5.74, 6) is 0.439. The summed E-state index contributed by atoms with van der Waals surface area (Å²) in [7, 11) is 1.54. The van der Waals surface area contributed by atoms with Crippen molar-refractivity contribution >= 4 is 23.2 Å². The molecule has 0 radical (unpaired) electrons. The Morgan fingerprint density at radius 3 is 2.90 bits per heavy atom. The molecule has 1 saturated carbocycles. The molecule has 6 heteroatoms. The zero-order valence-corrected chi connectivity index (χ0v) is 12.2. The number of carbonyl (C=O) groups is 1. The first-order valence-corrected chi connectivity index (χ1v) is 7.00. The Hall–Kier alpha value is -1.30. The molecule has 0 atom stereocenters. The standard InChI is InChI=1S/C14H19ClN2O3/c1-20-13-5-2-10(15)8-12(13)16-14(19)9-17(6-7-18)11-3-4-11/h2,5,8,11,18H,3-4,6-7,9H2,1H3,(H,16,19). The number of amides is 1. The molecule has 1 aliphatic carbocycles. The van der Waals surface area contributed by atoms with Crippen LogP contribution in [0.1, 0.15) is 12.8 Å². The van der Waals surface area contributed by atoms with E-state index in [1.165, 1.54) is 0 Å². The van der Waals surface area contributed by atoms with E-state index in [9.17, 15) is 4.79 Å². The lowest BCUT2D eigenvalue weighted by molar-refractivity contribution is -0.117. The smallest absolute Gasteiger partial charge is 0.238 e. The molecule has 1 amide bonds. The second kappa shape index (κ2) is 6.92. The van der Waals surface area contributed by atoms with Gasteiger partial charge in [0.25, 0.3) is 0 Å². The first-order chi connectivity index (χ1) is 9.63. The number of benzene rings is 1. The van der Waals surface area contributed by atoms with Gasteiger partial charge in [-0.1, -0.05) is 11.6 Å². The monoisotopic (exact) mass is 298 g/mol. The molecule has 2 N–H and O–H groups in total. The van der Waals surface area contributed by atoms with Crippen LogP contribution in [0.25, 0.3) is 0 Å². The van der Waals surface area contributed by atoms with E-state index in [2.05, 4.69) is 5.32 Å². The van der Waals surface area contributed by atoms with E-state index in [1.54, 1.807) is 25.3 Å². The van der Waals surface area contributed by atoms with Crippen molar-refractivity contribution in [2.75, 3.05) is 32.1 Å². The summed E-state index contributed by atoms with van der Waals surface area (Å²) >= 11 is 5.92. The van der Waals surface area contributed by atoms with Crippen molar-refractivity contribution in [2.24, 2.45) is 0 Å². The molecule has 0 aromatic heterocycles. The van der Waals surface area contributed by atoms with Crippen molar-refractivity contribution in [3.8, 4) is 5.75 Å². The number of anilines is 1.